The van der Waals surface area contributed by atoms with Gasteiger partial charge in [0.15, 0.2) is 0 Å². The van der Waals surface area contributed by atoms with Crippen LogP contribution in [0, 0.1) is 6.92 Å². The quantitative estimate of drug-likeness (QED) is 0.518. The predicted molar refractivity (Wildman–Crippen MR) is 87.9 cm³/mol. The Morgan fingerprint density at radius 3 is 2.72 bits per heavy atom. The number of hydrogen-bond acceptors (Lipinski definition) is 7. The van der Waals surface area contributed by atoms with Crippen LogP contribution in [0.15, 0.2) is 64.4 Å². The van der Waals surface area contributed by atoms with Crippen molar-refractivity contribution in [2.75, 3.05) is 0 Å². The van der Waals surface area contributed by atoms with E-state index < -0.39 is 10.1 Å². The van der Waals surface area contributed by atoms with Gasteiger partial charge in [0.25, 0.3) is 5.71 Å². The first kappa shape index (κ1) is 15.3. The molecule has 4 rings (SSSR count). The lowest BCUT2D eigenvalue weighted by Crippen LogP contribution is -2.10. The summed E-state index contributed by atoms with van der Waals surface area (Å²) >= 11 is 0. The molecule has 0 aliphatic rings. The highest BCUT2D eigenvalue weighted by Crippen LogP contribution is 2.23. The van der Waals surface area contributed by atoms with Gasteiger partial charge in [-0.2, -0.15) is 13.5 Å². The monoisotopic (exact) mass is 356 g/mol. The van der Waals surface area contributed by atoms with Crippen molar-refractivity contribution in [2.24, 2.45) is 0 Å². The third-order valence-corrected chi connectivity index (χ3v) is 4.80. The van der Waals surface area contributed by atoms with Crippen molar-refractivity contribution in [3.8, 4) is 11.4 Å². The van der Waals surface area contributed by atoms with E-state index in [9.17, 15) is 8.42 Å². The van der Waals surface area contributed by atoms with Crippen molar-refractivity contribution in [3.63, 3.8) is 0 Å². The molecule has 1 aromatic carbocycles. The lowest BCUT2D eigenvalue weighted by molar-refractivity contribution is 0.442. The number of hydrogen-bond donors (Lipinski definition) is 0. The van der Waals surface area contributed by atoms with Gasteiger partial charge in [-0.3, -0.25) is 0 Å². The first-order chi connectivity index (χ1) is 12.0. The molecule has 3 aromatic heterocycles. The molecule has 9 heteroatoms. The summed E-state index contributed by atoms with van der Waals surface area (Å²) in [6.45, 7) is 1.71. The largest absolute Gasteiger partial charge is 0.379 e. The normalized spacial score (nSPS) is 11.7. The molecule has 0 fully saturated rings. The van der Waals surface area contributed by atoms with E-state index in [0.717, 1.165) is 5.69 Å². The molecule has 0 aliphatic heterocycles. The summed E-state index contributed by atoms with van der Waals surface area (Å²) in [6, 6.07) is 9.77. The van der Waals surface area contributed by atoms with E-state index in [4.69, 9.17) is 8.71 Å². The molecule has 0 bridgehead atoms. The fraction of sp³-hybridized carbons (Fsp3) is 0.0625. The Labute approximate surface area is 142 Å². The van der Waals surface area contributed by atoms with Gasteiger partial charge in [0.1, 0.15) is 10.6 Å². The lowest BCUT2D eigenvalue weighted by Gasteiger charge is -2.08. The molecule has 8 nitrogen and oxygen atoms in total. The summed E-state index contributed by atoms with van der Waals surface area (Å²) in [4.78, 5) is 3.89. The van der Waals surface area contributed by atoms with Gasteiger partial charge in [-0.15, -0.1) is 0 Å². The zero-order valence-electron chi connectivity index (χ0n) is 13.0. The molecule has 0 atom stereocenters. The van der Waals surface area contributed by atoms with Crippen molar-refractivity contribution in [1.29, 1.82) is 0 Å². The van der Waals surface area contributed by atoms with Crippen LogP contribution >= 0.6 is 0 Å². The number of rotatable bonds is 4. The molecular formula is C16H12N4O4S. The van der Waals surface area contributed by atoms with Gasteiger partial charge in [-0.05, 0) is 43.3 Å². The second-order valence-corrected chi connectivity index (χ2v) is 6.82. The van der Waals surface area contributed by atoms with Crippen LogP contribution in [0.1, 0.15) is 5.69 Å². The zero-order chi connectivity index (χ0) is 17.4. The van der Waals surface area contributed by atoms with Crippen LogP contribution in [-0.4, -0.2) is 28.3 Å². The SMILES string of the molecule is Cc1noc2ncc(S(=O)(=O)Oc3ccc(-n4cccn4)cc3)cc12. The molecule has 0 radical (unpaired) electrons. The van der Waals surface area contributed by atoms with Crippen LogP contribution in [-0.2, 0) is 10.1 Å². The number of aryl methyl sites for hydroxylation is 1. The van der Waals surface area contributed by atoms with Crippen molar-refractivity contribution in [3.05, 3.63) is 60.7 Å². The fourth-order valence-corrected chi connectivity index (χ4v) is 3.22. The molecule has 126 valence electrons. The second kappa shape index (κ2) is 5.71. The van der Waals surface area contributed by atoms with Crippen LogP contribution in [0.5, 0.6) is 5.75 Å². The lowest BCUT2D eigenvalue weighted by atomic mass is 10.3. The Morgan fingerprint density at radius 2 is 2.00 bits per heavy atom. The van der Waals surface area contributed by atoms with E-state index in [1.807, 2.05) is 0 Å². The van der Waals surface area contributed by atoms with Gasteiger partial charge in [0.2, 0.25) is 0 Å². The van der Waals surface area contributed by atoms with Crippen LogP contribution in [0.4, 0.5) is 0 Å². The van der Waals surface area contributed by atoms with Gasteiger partial charge < -0.3 is 8.71 Å². The molecule has 0 saturated carbocycles. The summed E-state index contributed by atoms with van der Waals surface area (Å²) in [5.74, 6) is 0.193. The second-order valence-electron chi connectivity index (χ2n) is 5.27. The smallest absolute Gasteiger partial charge is 0.340 e. The molecule has 25 heavy (non-hydrogen) atoms. The molecule has 0 saturated heterocycles. The minimum Gasteiger partial charge on any atom is -0.379 e. The molecule has 3 heterocycles. The maximum absolute atomic E-state index is 12.5. The number of pyridine rings is 1. The van der Waals surface area contributed by atoms with Crippen LogP contribution in [0.25, 0.3) is 16.8 Å². The van der Waals surface area contributed by atoms with E-state index in [0.29, 0.717) is 11.1 Å². The van der Waals surface area contributed by atoms with Crippen molar-refractivity contribution < 1.29 is 17.1 Å². The molecule has 0 spiro atoms. The van der Waals surface area contributed by atoms with Gasteiger partial charge in [0.05, 0.1) is 23.0 Å². The van der Waals surface area contributed by atoms with Crippen LogP contribution < -0.4 is 4.18 Å². The molecule has 0 unspecified atom stereocenters. The van der Waals surface area contributed by atoms with Crippen molar-refractivity contribution in [2.45, 2.75) is 11.8 Å². The van der Waals surface area contributed by atoms with E-state index in [1.165, 1.54) is 12.3 Å². The molecule has 4 aromatic rings. The molecule has 0 amide bonds. The Bertz CT molecular complexity index is 1130. The number of benzene rings is 1. The van der Waals surface area contributed by atoms with E-state index in [-0.39, 0.29) is 16.4 Å². The zero-order valence-corrected chi connectivity index (χ0v) is 13.8. The maximum atomic E-state index is 12.5. The highest BCUT2D eigenvalue weighted by molar-refractivity contribution is 7.87. The van der Waals surface area contributed by atoms with Gasteiger partial charge >= 0.3 is 10.1 Å². The van der Waals surface area contributed by atoms with Crippen LogP contribution in [0.2, 0.25) is 0 Å². The number of nitrogens with zero attached hydrogens (tertiary/aromatic N) is 4. The Kier molecular flexibility index (Phi) is 3.50. The Balaban J connectivity index is 1.62. The van der Waals surface area contributed by atoms with E-state index in [1.54, 1.807) is 54.3 Å². The first-order valence-corrected chi connectivity index (χ1v) is 8.70. The Hall–Kier alpha value is -3.20. The summed E-state index contributed by atoms with van der Waals surface area (Å²) < 4.78 is 36.7. The average Bonchev–Trinajstić information content (AvgIpc) is 3.25. The van der Waals surface area contributed by atoms with E-state index >= 15 is 0 Å². The highest BCUT2D eigenvalue weighted by Gasteiger charge is 2.19. The van der Waals surface area contributed by atoms with Crippen molar-refractivity contribution in [1.82, 2.24) is 19.9 Å². The van der Waals surface area contributed by atoms with E-state index in [2.05, 4.69) is 15.2 Å². The third kappa shape index (κ3) is 2.85. The van der Waals surface area contributed by atoms with Gasteiger partial charge in [-0.25, -0.2) is 9.67 Å². The molecular weight excluding hydrogens is 344 g/mol. The van der Waals surface area contributed by atoms with Gasteiger partial charge in [0, 0.05) is 12.4 Å². The maximum Gasteiger partial charge on any atom is 0.340 e. The summed E-state index contributed by atoms with van der Waals surface area (Å²) in [5.41, 5.74) is 1.63. The van der Waals surface area contributed by atoms with Crippen molar-refractivity contribution >= 4 is 21.2 Å². The average molecular weight is 356 g/mol. The van der Waals surface area contributed by atoms with Crippen LogP contribution in [0.3, 0.4) is 0 Å². The first-order valence-electron chi connectivity index (χ1n) is 7.29. The molecule has 0 N–H and O–H groups in total. The predicted octanol–water partition coefficient (Wildman–Crippen LogP) is 2.48. The summed E-state index contributed by atoms with van der Waals surface area (Å²) in [7, 11) is -4.02. The minimum absolute atomic E-state index is 0.0672. The topological polar surface area (TPSA) is 100 Å². The summed E-state index contributed by atoms with van der Waals surface area (Å²) in [5, 5.41) is 8.39. The standard InChI is InChI=1S/C16H12N4O4S/c1-11-15-9-14(10-17-16(15)23-19-11)25(21,22)24-13-5-3-12(4-6-13)20-8-2-7-18-20/h2-10H,1H3. The summed E-state index contributed by atoms with van der Waals surface area (Å²) in [6.07, 6.45) is 4.62. The Morgan fingerprint density at radius 1 is 1.20 bits per heavy atom. The fourth-order valence-electron chi connectivity index (χ4n) is 2.31. The minimum atomic E-state index is -4.02. The highest BCUT2D eigenvalue weighted by atomic mass is 32.2. The third-order valence-electron chi connectivity index (χ3n) is 3.59. The molecule has 0 aliphatic carbocycles. The van der Waals surface area contributed by atoms with Gasteiger partial charge in [-0.1, -0.05) is 5.16 Å². The number of fused-ring (bicyclic) bond motifs is 1. The number of aromatic nitrogens is 4.